The molecule has 0 unspecified atom stereocenters. The minimum absolute atomic E-state index is 0.0603. The zero-order valence-corrected chi connectivity index (χ0v) is 13.7. The van der Waals surface area contributed by atoms with Gasteiger partial charge in [0.2, 0.25) is 0 Å². The Bertz CT molecular complexity index is 984. The molecule has 8 heteroatoms. The monoisotopic (exact) mass is 355 g/mol. The van der Waals surface area contributed by atoms with Crippen LogP contribution in [0.2, 0.25) is 0 Å². The number of nitrogens with zero attached hydrogens (tertiary/aromatic N) is 2. The molecule has 0 spiro atoms. The van der Waals surface area contributed by atoms with Gasteiger partial charge in [-0.05, 0) is 35.2 Å². The number of aromatic nitrogens is 1. The largest absolute Gasteiger partial charge is 0.481 e. The van der Waals surface area contributed by atoms with Gasteiger partial charge in [-0.1, -0.05) is 0 Å². The van der Waals surface area contributed by atoms with Gasteiger partial charge in [0.05, 0.1) is 17.0 Å². The van der Waals surface area contributed by atoms with Gasteiger partial charge in [0.15, 0.2) is 0 Å². The fourth-order valence-corrected chi connectivity index (χ4v) is 3.26. The molecule has 3 aromatic rings. The van der Waals surface area contributed by atoms with Crippen LogP contribution >= 0.6 is 11.3 Å². The van der Waals surface area contributed by atoms with Crippen molar-refractivity contribution in [3.8, 4) is 28.0 Å². The van der Waals surface area contributed by atoms with Crippen molar-refractivity contribution in [3.63, 3.8) is 0 Å². The molecule has 0 aliphatic rings. The van der Waals surface area contributed by atoms with Crippen molar-refractivity contribution in [2.45, 2.75) is 13.0 Å². The molecular weight excluding hydrogens is 342 g/mol. The van der Waals surface area contributed by atoms with Crippen LogP contribution in [0.25, 0.3) is 21.9 Å². The molecule has 25 heavy (non-hydrogen) atoms. The zero-order chi connectivity index (χ0) is 18.0. The Hall–Kier alpha value is -3.15. The molecule has 0 saturated heterocycles. The lowest BCUT2D eigenvalue weighted by Crippen LogP contribution is -1.99. The van der Waals surface area contributed by atoms with Gasteiger partial charge in [0.1, 0.15) is 35.6 Å². The molecule has 0 aliphatic carbocycles. The molecule has 0 aromatic carbocycles. The number of rotatable bonds is 5. The average Bonchev–Trinajstić information content (AvgIpc) is 3.22. The summed E-state index contributed by atoms with van der Waals surface area (Å²) < 4.78 is 5.51. The SMILES string of the molecule is N#Cc1c(-c2ccc(CO)o2)cc(-c2cc(CC(=O)O)cs2)nc1N. The zero-order valence-electron chi connectivity index (χ0n) is 12.9. The first-order chi connectivity index (χ1) is 12.0. The highest BCUT2D eigenvalue weighted by atomic mass is 32.1. The van der Waals surface area contributed by atoms with E-state index in [-0.39, 0.29) is 24.4 Å². The standard InChI is InChI=1S/C17H13N3O4S/c18-6-12-11(14-2-1-10(7-21)24-14)5-13(20-17(12)19)15-3-9(8-25-15)4-16(22)23/h1-3,5,8,21H,4,7H2,(H2,19,20)(H,22,23). The van der Waals surface area contributed by atoms with Crippen molar-refractivity contribution in [1.82, 2.24) is 4.98 Å². The number of carboxylic acids is 1. The summed E-state index contributed by atoms with van der Waals surface area (Å²) >= 11 is 1.35. The number of furan rings is 1. The molecule has 0 radical (unpaired) electrons. The highest BCUT2D eigenvalue weighted by Gasteiger charge is 2.17. The van der Waals surface area contributed by atoms with Gasteiger partial charge in [0.25, 0.3) is 0 Å². The summed E-state index contributed by atoms with van der Waals surface area (Å²) in [7, 11) is 0. The molecule has 0 bridgehead atoms. The van der Waals surface area contributed by atoms with Gasteiger partial charge in [0, 0.05) is 5.56 Å². The number of nitrogen functional groups attached to an aromatic ring is 1. The maximum atomic E-state index is 10.8. The lowest BCUT2D eigenvalue weighted by molar-refractivity contribution is -0.136. The number of hydrogen-bond acceptors (Lipinski definition) is 7. The molecule has 0 fully saturated rings. The predicted octanol–water partition coefficient (Wildman–Crippen LogP) is 2.64. The van der Waals surface area contributed by atoms with Crippen molar-refractivity contribution in [1.29, 1.82) is 5.26 Å². The van der Waals surface area contributed by atoms with Gasteiger partial charge < -0.3 is 20.4 Å². The second-order valence-corrected chi connectivity index (χ2v) is 6.15. The Balaban J connectivity index is 2.08. The van der Waals surface area contributed by atoms with Crippen LogP contribution in [0.15, 0.2) is 34.1 Å². The number of pyridine rings is 1. The Labute approximate surface area is 146 Å². The molecule has 3 rings (SSSR count). The van der Waals surface area contributed by atoms with E-state index in [0.29, 0.717) is 28.3 Å². The number of aliphatic hydroxyl groups is 1. The maximum Gasteiger partial charge on any atom is 0.307 e. The summed E-state index contributed by atoms with van der Waals surface area (Å²) in [4.78, 5) is 15.8. The van der Waals surface area contributed by atoms with E-state index in [1.165, 1.54) is 11.3 Å². The van der Waals surface area contributed by atoms with E-state index in [4.69, 9.17) is 20.4 Å². The van der Waals surface area contributed by atoms with Crippen LogP contribution in [0.1, 0.15) is 16.9 Å². The van der Waals surface area contributed by atoms with Crippen molar-refractivity contribution in [2.75, 3.05) is 5.73 Å². The Morgan fingerprint density at radius 2 is 2.20 bits per heavy atom. The first-order valence-electron chi connectivity index (χ1n) is 7.22. The molecule has 7 nitrogen and oxygen atoms in total. The van der Waals surface area contributed by atoms with Gasteiger partial charge >= 0.3 is 5.97 Å². The van der Waals surface area contributed by atoms with Crippen molar-refractivity contribution in [2.24, 2.45) is 0 Å². The molecule has 3 heterocycles. The molecule has 0 atom stereocenters. The number of hydrogen-bond donors (Lipinski definition) is 3. The number of aliphatic hydroxyl groups excluding tert-OH is 1. The first kappa shape index (κ1) is 16.7. The van der Waals surface area contributed by atoms with Crippen LogP contribution in [-0.4, -0.2) is 21.2 Å². The Morgan fingerprint density at radius 3 is 2.84 bits per heavy atom. The number of aliphatic carboxylic acids is 1. The van der Waals surface area contributed by atoms with Crippen LogP contribution in [-0.2, 0) is 17.8 Å². The summed E-state index contributed by atoms with van der Waals surface area (Å²) in [6, 6.07) is 8.68. The van der Waals surface area contributed by atoms with E-state index in [0.717, 1.165) is 4.88 Å². The summed E-state index contributed by atoms with van der Waals surface area (Å²) in [5.41, 5.74) is 7.76. The third kappa shape index (κ3) is 3.38. The number of nitrogens with two attached hydrogens (primary N) is 1. The third-order valence-electron chi connectivity index (χ3n) is 3.50. The minimum atomic E-state index is -0.913. The van der Waals surface area contributed by atoms with E-state index in [9.17, 15) is 10.1 Å². The third-order valence-corrected chi connectivity index (χ3v) is 4.51. The average molecular weight is 355 g/mol. The number of thiophene rings is 1. The summed E-state index contributed by atoms with van der Waals surface area (Å²) in [6.45, 7) is -0.251. The van der Waals surface area contributed by atoms with E-state index in [1.807, 2.05) is 6.07 Å². The van der Waals surface area contributed by atoms with Crippen molar-refractivity contribution >= 4 is 23.1 Å². The van der Waals surface area contributed by atoms with Gasteiger partial charge in [-0.3, -0.25) is 4.79 Å². The fourth-order valence-electron chi connectivity index (χ4n) is 2.39. The van der Waals surface area contributed by atoms with Crippen molar-refractivity contribution in [3.05, 3.63) is 46.5 Å². The second kappa shape index (κ2) is 6.76. The minimum Gasteiger partial charge on any atom is -0.481 e. The van der Waals surface area contributed by atoms with Gasteiger partial charge in [-0.15, -0.1) is 11.3 Å². The summed E-state index contributed by atoms with van der Waals surface area (Å²) in [5.74, 6) is -0.0800. The Morgan fingerprint density at radius 1 is 1.40 bits per heavy atom. The van der Waals surface area contributed by atoms with Gasteiger partial charge in [-0.25, -0.2) is 4.98 Å². The van der Waals surface area contributed by atoms with Gasteiger partial charge in [-0.2, -0.15) is 5.26 Å². The highest BCUT2D eigenvalue weighted by Crippen LogP contribution is 2.34. The molecule has 3 aromatic heterocycles. The summed E-state index contributed by atoms with van der Waals surface area (Å²) in [5, 5.41) is 29.1. The van der Waals surface area contributed by atoms with Crippen LogP contribution in [0.4, 0.5) is 5.82 Å². The van der Waals surface area contributed by atoms with E-state index in [1.54, 1.807) is 29.6 Å². The van der Waals surface area contributed by atoms with Crippen LogP contribution in [0.3, 0.4) is 0 Å². The van der Waals surface area contributed by atoms with E-state index in [2.05, 4.69) is 4.98 Å². The van der Waals surface area contributed by atoms with Crippen LogP contribution in [0, 0.1) is 11.3 Å². The lowest BCUT2D eigenvalue weighted by Gasteiger charge is -2.07. The second-order valence-electron chi connectivity index (χ2n) is 5.24. The van der Waals surface area contributed by atoms with E-state index >= 15 is 0 Å². The fraction of sp³-hybridized carbons (Fsp3) is 0.118. The van der Waals surface area contributed by atoms with Crippen LogP contribution < -0.4 is 5.73 Å². The number of anilines is 1. The molecule has 0 amide bonds. The summed E-state index contributed by atoms with van der Waals surface area (Å²) in [6.07, 6.45) is -0.0762. The smallest absolute Gasteiger partial charge is 0.307 e. The molecule has 0 aliphatic heterocycles. The highest BCUT2D eigenvalue weighted by molar-refractivity contribution is 7.13. The Kier molecular flexibility index (Phi) is 4.52. The number of carboxylic acid groups (broad SMARTS) is 1. The number of carbonyl (C=O) groups is 1. The normalized spacial score (nSPS) is 10.6. The van der Waals surface area contributed by atoms with Crippen LogP contribution in [0.5, 0.6) is 0 Å². The molecular formula is C17H13N3O4S. The molecule has 4 N–H and O–H groups in total. The first-order valence-corrected chi connectivity index (χ1v) is 8.10. The molecule has 0 saturated carbocycles. The molecule has 126 valence electrons. The van der Waals surface area contributed by atoms with Crippen molar-refractivity contribution < 1.29 is 19.4 Å². The predicted molar refractivity (Wildman–Crippen MR) is 91.6 cm³/mol. The van der Waals surface area contributed by atoms with E-state index < -0.39 is 5.97 Å². The maximum absolute atomic E-state index is 10.8. The quantitative estimate of drug-likeness (QED) is 0.640. The topological polar surface area (TPSA) is 133 Å². The lowest BCUT2D eigenvalue weighted by atomic mass is 10.1. The number of nitriles is 1.